The van der Waals surface area contributed by atoms with Gasteiger partial charge in [0, 0.05) is 38.6 Å². The molecule has 1 atom stereocenters. The Morgan fingerprint density at radius 2 is 2.12 bits per heavy atom. The highest BCUT2D eigenvalue weighted by atomic mass is 16.5. The highest BCUT2D eigenvalue weighted by molar-refractivity contribution is 5.78. The molecule has 0 aliphatic carbocycles. The lowest BCUT2D eigenvalue weighted by atomic mass is 9.98. The standard InChI is InChI=1S/C26H34N6O2/c1-7-20-13-21(8-9-28-20)29-22-12-19(14-27)26(30-25(22)18(4)5)31-10-11-32(24(33)16-34-6)23(15-31)17(2)3/h7-9,12-13,17-18,23H,1,10-11,15-16H2,2-6H3,(H,28,29). The van der Waals surface area contributed by atoms with E-state index in [-0.39, 0.29) is 30.4 Å². The minimum Gasteiger partial charge on any atom is -0.375 e. The first-order valence-corrected chi connectivity index (χ1v) is 11.6. The summed E-state index contributed by atoms with van der Waals surface area (Å²) in [5, 5.41) is 13.4. The maximum Gasteiger partial charge on any atom is 0.248 e. The summed E-state index contributed by atoms with van der Waals surface area (Å²) in [6.45, 7) is 14.0. The SMILES string of the molecule is C=Cc1cc(Nc2cc(C#N)c(N3CCN(C(=O)COC)C(C(C)C)C3)nc2C(C)C)ccn1. The first kappa shape index (κ1) is 25.2. The van der Waals surface area contributed by atoms with Gasteiger partial charge in [0.05, 0.1) is 28.7 Å². The Hall–Kier alpha value is -3.44. The van der Waals surface area contributed by atoms with E-state index in [4.69, 9.17) is 9.72 Å². The van der Waals surface area contributed by atoms with Crippen LogP contribution in [0.3, 0.4) is 0 Å². The molecule has 2 aromatic heterocycles. The number of methoxy groups -OCH3 is 1. The molecule has 1 amide bonds. The van der Waals surface area contributed by atoms with Crippen molar-refractivity contribution in [1.82, 2.24) is 14.9 Å². The number of pyridine rings is 2. The van der Waals surface area contributed by atoms with Gasteiger partial charge in [-0.25, -0.2) is 4.98 Å². The van der Waals surface area contributed by atoms with Crippen LogP contribution in [-0.2, 0) is 9.53 Å². The predicted octanol–water partition coefficient (Wildman–Crippen LogP) is 4.18. The number of carbonyl (C=O) groups excluding carboxylic acids is 1. The molecule has 1 aliphatic heterocycles. The summed E-state index contributed by atoms with van der Waals surface area (Å²) in [5.74, 6) is 1.06. The number of amides is 1. The molecule has 1 saturated heterocycles. The Morgan fingerprint density at radius 1 is 1.35 bits per heavy atom. The number of nitrogens with one attached hydrogen (secondary N) is 1. The van der Waals surface area contributed by atoms with Crippen molar-refractivity contribution >= 4 is 29.2 Å². The number of aromatic nitrogens is 2. The van der Waals surface area contributed by atoms with E-state index in [1.807, 2.05) is 23.1 Å². The number of carbonyl (C=O) groups is 1. The van der Waals surface area contributed by atoms with Crippen LogP contribution in [0.25, 0.3) is 6.08 Å². The first-order valence-electron chi connectivity index (χ1n) is 11.6. The molecule has 0 bridgehead atoms. The molecule has 8 heteroatoms. The fourth-order valence-corrected chi connectivity index (χ4v) is 4.26. The number of nitriles is 1. The van der Waals surface area contributed by atoms with E-state index in [0.29, 0.717) is 31.0 Å². The fraction of sp³-hybridized carbons (Fsp3) is 0.462. The number of nitrogens with zero attached hydrogens (tertiary/aromatic N) is 5. The second kappa shape index (κ2) is 11.1. The summed E-state index contributed by atoms with van der Waals surface area (Å²) >= 11 is 0. The van der Waals surface area contributed by atoms with Crippen LogP contribution in [0.4, 0.5) is 17.2 Å². The third-order valence-corrected chi connectivity index (χ3v) is 6.04. The quantitative estimate of drug-likeness (QED) is 0.629. The summed E-state index contributed by atoms with van der Waals surface area (Å²) in [5.41, 5.74) is 3.80. The van der Waals surface area contributed by atoms with Gasteiger partial charge in [-0.05, 0) is 36.1 Å². The molecule has 1 N–H and O–H groups in total. The lowest BCUT2D eigenvalue weighted by molar-refractivity contribution is -0.139. The first-order chi connectivity index (χ1) is 16.3. The van der Waals surface area contributed by atoms with E-state index in [2.05, 4.69) is 55.5 Å². The van der Waals surface area contributed by atoms with Crippen molar-refractivity contribution in [3.05, 3.63) is 47.9 Å². The van der Waals surface area contributed by atoms with Crippen molar-refractivity contribution in [2.24, 2.45) is 5.92 Å². The van der Waals surface area contributed by atoms with Crippen LogP contribution >= 0.6 is 0 Å². The summed E-state index contributed by atoms with van der Waals surface area (Å²) in [6.07, 6.45) is 3.41. The normalized spacial score (nSPS) is 16.0. The van der Waals surface area contributed by atoms with Crippen LogP contribution in [0.2, 0.25) is 0 Å². The Balaban J connectivity index is 1.96. The number of hydrogen-bond acceptors (Lipinski definition) is 7. The second-order valence-electron chi connectivity index (χ2n) is 9.13. The van der Waals surface area contributed by atoms with Crippen LogP contribution in [0, 0.1) is 17.2 Å². The molecular weight excluding hydrogens is 428 g/mol. The monoisotopic (exact) mass is 462 g/mol. The van der Waals surface area contributed by atoms with Crippen molar-refractivity contribution in [2.75, 3.05) is 43.6 Å². The Morgan fingerprint density at radius 3 is 2.74 bits per heavy atom. The molecule has 0 radical (unpaired) electrons. The molecule has 1 aliphatic rings. The maximum atomic E-state index is 12.6. The number of ether oxygens (including phenoxy) is 1. The highest BCUT2D eigenvalue weighted by Crippen LogP contribution is 2.33. The Bertz CT molecular complexity index is 1080. The van der Waals surface area contributed by atoms with Gasteiger partial charge >= 0.3 is 0 Å². The second-order valence-corrected chi connectivity index (χ2v) is 9.13. The smallest absolute Gasteiger partial charge is 0.248 e. The van der Waals surface area contributed by atoms with Crippen molar-refractivity contribution in [3.63, 3.8) is 0 Å². The van der Waals surface area contributed by atoms with Gasteiger partial charge in [-0.1, -0.05) is 34.3 Å². The van der Waals surface area contributed by atoms with Gasteiger partial charge in [-0.2, -0.15) is 5.26 Å². The highest BCUT2D eigenvalue weighted by Gasteiger charge is 2.34. The number of hydrogen-bond donors (Lipinski definition) is 1. The molecule has 3 rings (SSSR count). The molecular formula is C26H34N6O2. The minimum atomic E-state index is -0.00650. The minimum absolute atomic E-state index is 0.00650. The number of rotatable bonds is 8. The molecule has 180 valence electrons. The zero-order valence-electron chi connectivity index (χ0n) is 20.7. The molecule has 2 aromatic rings. The molecule has 1 unspecified atom stereocenters. The van der Waals surface area contributed by atoms with Crippen molar-refractivity contribution in [1.29, 1.82) is 5.26 Å². The summed E-state index contributed by atoms with van der Waals surface area (Å²) < 4.78 is 5.07. The van der Waals surface area contributed by atoms with E-state index in [1.54, 1.807) is 12.3 Å². The van der Waals surface area contributed by atoms with Crippen LogP contribution in [-0.4, -0.2) is 60.2 Å². The lowest BCUT2D eigenvalue weighted by Gasteiger charge is -2.44. The Kier molecular flexibility index (Phi) is 8.24. The van der Waals surface area contributed by atoms with Crippen molar-refractivity contribution < 1.29 is 9.53 Å². The summed E-state index contributed by atoms with van der Waals surface area (Å²) in [7, 11) is 1.54. The maximum absolute atomic E-state index is 12.6. The van der Waals surface area contributed by atoms with E-state index in [9.17, 15) is 10.1 Å². The van der Waals surface area contributed by atoms with Crippen LogP contribution in [0.1, 0.15) is 50.6 Å². The molecule has 0 saturated carbocycles. The Labute approximate surface area is 202 Å². The van der Waals surface area contributed by atoms with Gasteiger partial charge in [0.15, 0.2) is 0 Å². The van der Waals surface area contributed by atoms with Crippen molar-refractivity contribution in [2.45, 2.75) is 39.7 Å². The van der Waals surface area contributed by atoms with Gasteiger partial charge in [-0.15, -0.1) is 0 Å². The van der Waals surface area contributed by atoms with Crippen LogP contribution in [0.15, 0.2) is 31.0 Å². The average molecular weight is 463 g/mol. The van der Waals surface area contributed by atoms with Gasteiger partial charge in [-0.3, -0.25) is 9.78 Å². The molecule has 0 spiro atoms. The molecule has 34 heavy (non-hydrogen) atoms. The van der Waals surface area contributed by atoms with Crippen LogP contribution < -0.4 is 10.2 Å². The average Bonchev–Trinajstić information content (AvgIpc) is 2.83. The van der Waals surface area contributed by atoms with E-state index < -0.39 is 0 Å². The summed E-state index contributed by atoms with van der Waals surface area (Å²) in [4.78, 5) is 25.8. The fourth-order valence-electron chi connectivity index (χ4n) is 4.26. The van der Waals surface area contributed by atoms with Crippen molar-refractivity contribution in [3.8, 4) is 6.07 Å². The molecule has 1 fully saturated rings. The number of piperazine rings is 1. The largest absolute Gasteiger partial charge is 0.375 e. The molecule has 8 nitrogen and oxygen atoms in total. The predicted molar refractivity (Wildman–Crippen MR) is 135 cm³/mol. The molecule has 3 heterocycles. The van der Waals surface area contributed by atoms with Gasteiger partial charge in [0.25, 0.3) is 0 Å². The third kappa shape index (κ3) is 5.54. The van der Waals surface area contributed by atoms with Crippen LogP contribution in [0.5, 0.6) is 0 Å². The van der Waals surface area contributed by atoms with E-state index in [0.717, 1.165) is 22.8 Å². The topological polar surface area (TPSA) is 94.4 Å². The number of anilines is 3. The third-order valence-electron chi connectivity index (χ3n) is 6.04. The lowest BCUT2D eigenvalue weighted by Crippen LogP contribution is -2.58. The molecule has 0 aromatic carbocycles. The van der Waals surface area contributed by atoms with E-state index in [1.165, 1.54) is 7.11 Å². The van der Waals surface area contributed by atoms with E-state index >= 15 is 0 Å². The van der Waals surface area contributed by atoms with Gasteiger partial charge in [0.2, 0.25) is 5.91 Å². The van der Waals surface area contributed by atoms with Gasteiger partial charge in [0.1, 0.15) is 18.5 Å². The zero-order chi connectivity index (χ0) is 24.8. The zero-order valence-corrected chi connectivity index (χ0v) is 20.7. The summed E-state index contributed by atoms with van der Waals surface area (Å²) in [6, 6.07) is 8.00. The van der Waals surface area contributed by atoms with Gasteiger partial charge < -0.3 is 19.9 Å².